The third kappa shape index (κ3) is 6.49. The van der Waals surface area contributed by atoms with E-state index in [1.165, 1.54) is 0 Å². The molecule has 1 aromatic rings. The standard InChI is InChI=1S/C11H18F2N2O13P4/c1-5(26-30(19,20)27-31(21,22)28-32(23,24)29)7-8(17)11(13,4-12)9(25-7)15-3-2-6(16)14-10(15)18/h2-3,5,7-9,17,23-24,29H,4H2,1H3,(H,19,20)(H,21,22)(H,14,16,18)/t5-,7+,8-,9+,11?/m0/s1. The summed E-state index contributed by atoms with van der Waals surface area (Å²) in [6.45, 7) is -0.996. The first kappa shape index (κ1) is 27.6. The highest BCUT2D eigenvalue weighted by atomic mass is 31.8. The van der Waals surface area contributed by atoms with Crippen molar-refractivity contribution in [1.82, 2.24) is 9.55 Å². The third-order valence-electron chi connectivity index (χ3n) is 3.99. The van der Waals surface area contributed by atoms with Gasteiger partial charge in [-0.2, -0.15) is 4.31 Å². The van der Waals surface area contributed by atoms with Crippen LogP contribution >= 0.6 is 31.4 Å². The molecule has 0 amide bonds. The fourth-order valence-corrected chi connectivity index (χ4v) is 6.96. The summed E-state index contributed by atoms with van der Waals surface area (Å²) in [6.07, 6.45) is -7.59. The number of phosphoric acid groups is 2. The molecule has 184 valence electrons. The number of hydrogen-bond donors (Lipinski definition) is 6. The van der Waals surface area contributed by atoms with E-state index < -0.39 is 71.0 Å². The lowest BCUT2D eigenvalue weighted by Gasteiger charge is -2.27. The summed E-state index contributed by atoms with van der Waals surface area (Å²) in [6, 6.07) is 0.784. The minimum atomic E-state index is -5.60. The zero-order valence-electron chi connectivity index (χ0n) is 15.7. The molecular weight excluding hydrogens is 530 g/mol. The van der Waals surface area contributed by atoms with Gasteiger partial charge in [-0.05, 0) is 15.5 Å². The molecule has 2 rings (SSSR count). The number of halogens is 2. The van der Waals surface area contributed by atoms with Crippen LogP contribution in [-0.2, 0) is 27.0 Å². The SMILES string of the molecule is C[C@H](OP(=O)(O)OP(=O)(O)OP(O)(O)=P)[C@H]1O[C@@H](n2ccc(=O)[nH]c2=O)C(F)(CF)[C@H]1O. The van der Waals surface area contributed by atoms with Crippen LogP contribution in [0.4, 0.5) is 8.78 Å². The van der Waals surface area contributed by atoms with Crippen LogP contribution in [0, 0.1) is 0 Å². The number of aliphatic hydroxyl groups excluding tert-OH is 1. The van der Waals surface area contributed by atoms with E-state index in [9.17, 15) is 38.0 Å². The zero-order valence-corrected chi connectivity index (χ0v) is 19.4. The van der Waals surface area contributed by atoms with Crippen LogP contribution in [0.1, 0.15) is 13.2 Å². The van der Waals surface area contributed by atoms with Gasteiger partial charge in [-0.15, -0.1) is 0 Å². The van der Waals surface area contributed by atoms with E-state index in [0.29, 0.717) is 4.57 Å². The molecular formula is C11H18F2N2O13P4. The largest absolute Gasteiger partial charge is 0.488 e. The van der Waals surface area contributed by atoms with Crippen molar-refractivity contribution in [3.8, 4) is 0 Å². The number of aromatic amines is 1. The molecule has 7 atom stereocenters. The molecule has 1 aliphatic rings. The van der Waals surface area contributed by atoms with Gasteiger partial charge in [0.2, 0.25) is 5.67 Å². The second-order valence-electron chi connectivity index (χ2n) is 6.43. The highest BCUT2D eigenvalue weighted by Gasteiger charge is 2.61. The maximum Gasteiger partial charge on any atom is 0.488 e. The summed E-state index contributed by atoms with van der Waals surface area (Å²) in [7, 11) is -13.6. The molecule has 0 bridgehead atoms. The Balaban J connectivity index is 2.26. The van der Waals surface area contributed by atoms with E-state index in [1.807, 2.05) is 0 Å². The van der Waals surface area contributed by atoms with Crippen LogP contribution < -0.4 is 11.2 Å². The van der Waals surface area contributed by atoms with Gasteiger partial charge in [0, 0.05) is 12.3 Å². The maximum atomic E-state index is 15.2. The van der Waals surface area contributed by atoms with Crippen LogP contribution in [0.25, 0.3) is 0 Å². The summed E-state index contributed by atoms with van der Waals surface area (Å²) in [5.41, 5.74) is -5.37. The van der Waals surface area contributed by atoms with Crippen molar-refractivity contribution in [3.05, 3.63) is 33.1 Å². The van der Waals surface area contributed by atoms with Gasteiger partial charge >= 0.3 is 21.3 Å². The van der Waals surface area contributed by atoms with Crippen LogP contribution in [0.15, 0.2) is 21.9 Å². The molecule has 1 saturated heterocycles. The van der Waals surface area contributed by atoms with Crippen molar-refractivity contribution in [2.75, 3.05) is 6.67 Å². The first-order chi connectivity index (χ1) is 14.4. The normalized spacial score (nSPS) is 31.1. The third-order valence-corrected chi connectivity index (χ3v) is 8.71. The Bertz CT molecular complexity index is 1110. The fourth-order valence-electron chi connectivity index (χ4n) is 2.76. The number of alkyl halides is 2. The van der Waals surface area contributed by atoms with Crippen LogP contribution in [-0.4, -0.2) is 64.9 Å². The average Bonchev–Trinajstić information content (AvgIpc) is 2.84. The molecule has 0 aliphatic carbocycles. The Morgan fingerprint density at radius 2 is 1.88 bits per heavy atom. The molecule has 6 N–H and O–H groups in total. The van der Waals surface area contributed by atoms with E-state index in [0.717, 1.165) is 19.2 Å². The summed E-state index contributed by atoms with van der Waals surface area (Å²) < 4.78 is 70.0. The van der Waals surface area contributed by atoms with E-state index in [1.54, 1.807) is 4.98 Å². The Labute approximate surface area is 179 Å². The minimum Gasteiger partial charge on any atom is -0.387 e. The number of ether oxygens (including phenoxy) is 1. The van der Waals surface area contributed by atoms with E-state index in [4.69, 9.17) is 14.5 Å². The smallest absolute Gasteiger partial charge is 0.387 e. The molecule has 32 heavy (non-hydrogen) atoms. The van der Waals surface area contributed by atoms with Crippen molar-refractivity contribution in [2.24, 2.45) is 0 Å². The molecule has 21 heteroatoms. The number of nitrogens with one attached hydrogen (secondary N) is 1. The number of rotatable bonds is 9. The summed E-state index contributed by atoms with van der Waals surface area (Å²) in [5, 5.41) is 10.2. The zero-order chi connectivity index (χ0) is 24.7. The number of aliphatic hydroxyl groups is 1. The quantitative estimate of drug-likeness (QED) is 0.222. The summed E-state index contributed by atoms with van der Waals surface area (Å²) in [4.78, 5) is 61.7. The maximum absolute atomic E-state index is 15.2. The van der Waals surface area contributed by atoms with Crippen LogP contribution in [0.5, 0.6) is 0 Å². The van der Waals surface area contributed by atoms with Gasteiger partial charge in [-0.25, -0.2) is 27.0 Å². The highest BCUT2D eigenvalue weighted by molar-refractivity contribution is 7.91. The van der Waals surface area contributed by atoms with Gasteiger partial charge in [-0.3, -0.25) is 18.9 Å². The lowest BCUT2D eigenvalue weighted by molar-refractivity contribution is -0.0855. The second kappa shape index (κ2) is 9.55. The molecule has 1 fully saturated rings. The van der Waals surface area contributed by atoms with E-state index >= 15 is 4.39 Å². The van der Waals surface area contributed by atoms with Gasteiger partial charge in [0.25, 0.3) is 12.8 Å². The minimum absolute atomic E-state index is 0.420. The Morgan fingerprint density at radius 1 is 1.28 bits per heavy atom. The molecule has 0 radical (unpaired) electrons. The van der Waals surface area contributed by atoms with E-state index in [2.05, 4.69) is 21.7 Å². The average molecular weight is 548 g/mol. The number of aromatic nitrogens is 2. The van der Waals surface area contributed by atoms with Gasteiger partial charge in [0.15, 0.2) is 6.23 Å². The molecule has 2 heterocycles. The molecule has 0 aromatic carbocycles. The Hall–Kier alpha value is -0.630. The Morgan fingerprint density at radius 3 is 2.38 bits per heavy atom. The van der Waals surface area contributed by atoms with Crippen molar-refractivity contribution < 1.29 is 60.5 Å². The number of phosphoric ester groups is 1. The predicted octanol–water partition coefficient (Wildman–Crippen LogP) is -0.0832. The molecule has 0 spiro atoms. The first-order valence-electron chi connectivity index (χ1n) is 8.17. The van der Waals surface area contributed by atoms with Crippen molar-refractivity contribution >= 4 is 31.4 Å². The van der Waals surface area contributed by atoms with Crippen molar-refractivity contribution in [3.63, 3.8) is 0 Å². The first-order valence-corrected chi connectivity index (χ1v) is 14.1. The van der Waals surface area contributed by atoms with Crippen LogP contribution in [0.3, 0.4) is 0 Å². The lowest BCUT2D eigenvalue weighted by Crippen LogP contribution is -2.48. The van der Waals surface area contributed by atoms with Crippen molar-refractivity contribution in [2.45, 2.75) is 37.1 Å². The van der Waals surface area contributed by atoms with Gasteiger partial charge in [0.1, 0.15) is 18.9 Å². The lowest BCUT2D eigenvalue weighted by atomic mass is 9.95. The topological polar surface area (TPSA) is 227 Å². The number of nitrogens with zero attached hydrogens (tertiary/aromatic N) is 1. The number of H-pyrrole nitrogens is 1. The molecule has 15 nitrogen and oxygen atoms in total. The summed E-state index contributed by atoms with van der Waals surface area (Å²) >= 11 is 0. The molecule has 0 saturated carbocycles. The molecule has 1 aliphatic heterocycles. The Kier molecular flexibility index (Phi) is 8.24. The van der Waals surface area contributed by atoms with Gasteiger partial charge in [-0.1, -0.05) is 0 Å². The molecule has 1 aromatic heterocycles. The monoisotopic (exact) mass is 548 g/mol. The van der Waals surface area contributed by atoms with Crippen molar-refractivity contribution in [1.29, 1.82) is 0 Å². The van der Waals surface area contributed by atoms with Crippen LogP contribution in [0.2, 0.25) is 0 Å². The second-order valence-corrected chi connectivity index (χ2v) is 12.7. The summed E-state index contributed by atoms with van der Waals surface area (Å²) in [5.74, 6) is 0. The highest BCUT2D eigenvalue weighted by Crippen LogP contribution is 2.68. The van der Waals surface area contributed by atoms with E-state index in [-0.39, 0.29) is 0 Å². The predicted molar refractivity (Wildman–Crippen MR) is 103 cm³/mol. The van der Waals surface area contributed by atoms with Gasteiger partial charge < -0.3 is 29.4 Å². The fraction of sp³-hybridized carbons (Fsp3) is 0.636. The number of hydrogen-bond acceptors (Lipinski definition) is 9. The van der Waals surface area contributed by atoms with Gasteiger partial charge in [0.05, 0.1) is 6.10 Å². The molecule has 3 unspecified atom stereocenters.